The molecule has 0 amide bonds. The molecule has 8 heteroatoms. The van der Waals surface area contributed by atoms with Crippen LogP contribution >= 0.6 is 11.8 Å². The van der Waals surface area contributed by atoms with Crippen molar-refractivity contribution < 1.29 is 8.42 Å². The number of nitrogens with two attached hydrogens (primary N) is 1. The first kappa shape index (κ1) is 15.5. The van der Waals surface area contributed by atoms with Gasteiger partial charge in [0.15, 0.2) is 5.03 Å². The van der Waals surface area contributed by atoms with Gasteiger partial charge < -0.3 is 5.73 Å². The second-order valence-corrected chi connectivity index (χ2v) is 6.57. The van der Waals surface area contributed by atoms with E-state index in [0.717, 1.165) is 25.0 Å². The first-order chi connectivity index (χ1) is 8.61. The van der Waals surface area contributed by atoms with Gasteiger partial charge in [0.2, 0.25) is 0 Å². The topological polar surface area (TPSA) is 101 Å². The Hall–Kier alpha value is -0.570. The summed E-state index contributed by atoms with van der Waals surface area (Å²) in [6.07, 6.45) is 6.48. The average Bonchev–Trinajstić information content (AvgIpc) is 2.82. The number of hydrogen-bond donors (Lipinski definition) is 3. The summed E-state index contributed by atoms with van der Waals surface area (Å²) in [5.74, 6) is 1.12. The normalized spacial score (nSPS) is 11.9. The van der Waals surface area contributed by atoms with Crippen LogP contribution in [0.15, 0.2) is 11.2 Å². The first-order valence-corrected chi connectivity index (χ1v) is 8.70. The molecule has 1 aromatic rings. The van der Waals surface area contributed by atoms with Gasteiger partial charge in [0.05, 0.1) is 6.20 Å². The van der Waals surface area contributed by atoms with Crippen LogP contribution in [0.4, 0.5) is 0 Å². The molecule has 0 aliphatic carbocycles. The number of nitrogens with zero attached hydrogens (tertiary/aromatic N) is 1. The second-order valence-electron chi connectivity index (χ2n) is 3.88. The Morgan fingerprint density at radius 1 is 1.44 bits per heavy atom. The van der Waals surface area contributed by atoms with E-state index < -0.39 is 10.0 Å². The highest BCUT2D eigenvalue weighted by atomic mass is 32.2. The Balaban J connectivity index is 2.41. The van der Waals surface area contributed by atoms with Crippen molar-refractivity contribution in [3.05, 3.63) is 11.8 Å². The molecule has 0 fully saturated rings. The van der Waals surface area contributed by atoms with Gasteiger partial charge >= 0.3 is 0 Å². The molecule has 1 heterocycles. The average molecular weight is 292 g/mol. The Morgan fingerprint density at radius 2 is 2.22 bits per heavy atom. The summed E-state index contributed by atoms with van der Waals surface area (Å²) in [5, 5.41) is 6.25. The predicted molar refractivity (Wildman–Crippen MR) is 73.9 cm³/mol. The molecule has 0 radical (unpaired) electrons. The zero-order chi connectivity index (χ0) is 13.4. The molecule has 0 bridgehead atoms. The maximum atomic E-state index is 11.9. The van der Waals surface area contributed by atoms with Crippen LogP contribution in [-0.2, 0) is 16.6 Å². The van der Waals surface area contributed by atoms with Gasteiger partial charge in [0, 0.05) is 18.7 Å². The third kappa shape index (κ3) is 4.60. The van der Waals surface area contributed by atoms with Crippen molar-refractivity contribution in [1.82, 2.24) is 14.9 Å². The number of hydrogen-bond acceptors (Lipinski definition) is 5. The number of H-pyrrole nitrogens is 1. The van der Waals surface area contributed by atoms with E-state index in [4.69, 9.17) is 5.73 Å². The number of thioether (sulfide) groups is 1. The zero-order valence-electron chi connectivity index (χ0n) is 10.5. The van der Waals surface area contributed by atoms with E-state index in [0.29, 0.717) is 12.1 Å². The van der Waals surface area contributed by atoms with Gasteiger partial charge in [0.25, 0.3) is 10.0 Å². The van der Waals surface area contributed by atoms with E-state index in [1.807, 2.05) is 0 Å². The molecule has 6 nitrogen and oxygen atoms in total. The van der Waals surface area contributed by atoms with Crippen LogP contribution in [0.1, 0.15) is 24.8 Å². The van der Waals surface area contributed by atoms with Gasteiger partial charge in [-0.2, -0.15) is 16.9 Å². The van der Waals surface area contributed by atoms with E-state index >= 15 is 0 Å². The number of nitrogens with one attached hydrogen (secondary N) is 2. The van der Waals surface area contributed by atoms with Crippen molar-refractivity contribution in [1.29, 1.82) is 0 Å². The molecule has 1 aromatic heterocycles. The number of aromatic nitrogens is 2. The third-order valence-electron chi connectivity index (χ3n) is 2.48. The van der Waals surface area contributed by atoms with Crippen LogP contribution in [0.25, 0.3) is 0 Å². The third-order valence-corrected chi connectivity index (χ3v) is 4.66. The molecule has 1 rings (SSSR count). The van der Waals surface area contributed by atoms with E-state index in [1.54, 1.807) is 11.8 Å². The largest absolute Gasteiger partial charge is 0.326 e. The Labute approximate surface area is 112 Å². The van der Waals surface area contributed by atoms with Gasteiger partial charge in [-0.25, -0.2) is 13.1 Å². The molecule has 0 spiro atoms. The number of rotatable bonds is 9. The second kappa shape index (κ2) is 7.78. The lowest BCUT2D eigenvalue weighted by atomic mass is 10.2. The molecular formula is C10H20N4O2S2. The summed E-state index contributed by atoms with van der Waals surface area (Å²) in [4.78, 5) is 0. The number of sulfonamides is 1. The minimum atomic E-state index is -3.51. The highest BCUT2D eigenvalue weighted by molar-refractivity contribution is 7.98. The number of aromatic amines is 1. The molecule has 0 atom stereocenters. The van der Waals surface area contributed by atoms with Gasteiger partial charge in [0.1, 0.15) is 0 Å². The van der Waals surface area contributed by atoms with Crippen molar-refractivity contribution in [2.45, 2.75) is 30.8 Å². The molecule has 4 N–H and O–H groups in total. The predicted octanol–water partition coefficient (Wildman–Crippen LogP) is 0.680. The monoisotopic (exact) mass is 292 g/mol. The maximum Gasteiger partial charge on any atom is 0.257 e. The molecule has 0 aromatic carbocycles. The summed E-state index contributed by atoms with van der Waals surface area (Å²) in [5.41, 5.74) is 5.95. The molecule has 0 aliphatic rings. The van der Waals surface area contributed by atoms with Crippen molar-refractivity contribution >= 4 is 21.8 Å². The minimum absolute atomic E-state index is 0.0779. The molecule has 0 saturated carbocycles. The van der Waals surface area contributed by atoms with Crippen LogP contribution < -0.4 is 10.5 Å². The summed E-state index contributed by atoms with van der Waals surface area (Å²) in [7, 11) is -3.51. The lowest BCUT2D eigenvalue weighted by Crippen LogP contribution is -2.26. The first-order valence-electron chi connectivity index (χ1n) is 5.82. The molecule has 0 unspecified atom stereocenters. The summed E-state index contributed by atoms with van der Waals surface area (Å²) in [6, 6.07) is 0. The minimum Gasteiger partial charge on any atom is -0.326 e. The quantitative estimate of drug-likeness (QED) is 0.581. The van der Waals surface area contributed by atoms with E-state index in [2.05, 4.69) is 21.2 Å². The molecule has 0 aliphatic heterocycles. The highest BCUT2D eigenvalue weighted by Crippen LogP contribution is 2.10. The number of unbranched alkanes of at least 4 members (excludes halogenated alkanes) is 2. The zero-order valence-corrected chi connectivity index (χ0v) is 12.1. The fourth-order valence-electron chi connectivity index (χ4n) is 1.50. The van der Waals surface area contributed by atoms with Gasteiger partial charge in [-0.3, -0.25) is 5.10 Å². The molecular weight excluding hydrogens is 272 g/mol. The van der Waals surface area contributed by atoms with Crippen LogP contribution in [0.3, 0.4) is 0 Å². The van der Waals surface area contributed by atoms with Gasteiger partial charge in [-0.15, -0.1) is 0 Å². The van der Waals surface area contributed by atoms with Crippen LogP contribution in [0, 0.1) is 0 Å². The van der Waals surface area contributed by atoms with E-state index in [9.17, 15) is 8.42 Å². The van der Waals surface area contributed by atoms with Crippen LogP contribution in [0.5, 0.6) is 0 Å². The lowest BCUT2D eigenvalue weighted by molar-refractivity contribution is 0.570. The van der Waals surface area contributed by atoms with E-state index in [-0.39, 0.29) is 11.6 Å². The fourth-order valence-corrected chi connectivity index (χ4v) is 3.21. The summed E-state index contributed by atoms with van der Waals surface area (Å²) >= 11 is 1.80. The van der Waals surface area contributed by atoms with Gasteiger partial charge in [-0.1, -0.05) is 6.42 Å². The maximum absolute atomic E-state index is 11.9. The van der Waals surface area contributed by atoms with Crippen molar-refractivity contribution in [2.24, 2.45) is 5.73 Å². The highest BCUT2D eigenvalue weighted by Gasteiger charge is 2.19. The smallest absolute Gasteiger partial charge is 0.257 e. The summed E-state index contributed by atoms with van der Waals surface area (Å²) in [6.45, 7) is 0.597. The van der Waals surface area contributed by atoms with Crippen LogP contribution in [-0.4, -0.2) is 37.2 Å². The van der Waals surface area contributed by atoms with Gasteiger partial charge in [-0.05, 0) is 24.9 Å². The molecule has 18 heavy (non-hydrogen) atoms. The Morgan fingerprint density at radius 3 is 2.89 bits per heavy atom. The SMILES string of the molecule is CSCCCCCNS(=O)(=O)c1[nH]ncc1CN. The Kier molecular flexibility index (Phi) is 6.69. The Bertz CT molecular complexity index is 444. The molecule has 104 valence electrons. The summed E-state index contributed by atoms with van der Waals surface area (Å²) < 4.78 is 26.4. The van der Waals surface area contributed by atoms with Crippen molar-refractivity contribution in [3.63, 3.8) is 0 Å². The van der Waals surface area contributed by atoms with E-state index in [1.165, 1.54) is 6.20 Å². The molecule has 0 saturated heterocycles. The van der Waals surface area contributed by atoms with Crippen molar-refractivity contribution in [2.75, 3.05) is 18.6 Å². The fraction of sp³-hybridized carbons (Fsp3) is 0.700. The standard InChI is InChI=1S/C10H20N4O2S2/c1-17-6-4-2-3-5-13-18(15,16)10-9(7-11)8-12-14-10/h8,13H,2-7,11H2,1H3,(H,12,14). The lowest BCUT2D eigenvalue weighted by Gasteiger charge is -2.06. The van der Waals surface area contributed by atoms with Crippen molar-refractivity contribution in [3.8, 4) is 0 Å². The van der Waals surface area contributed by atoms with Crippen LogP contribution in [0.2, 0.25) is 0 Å².